The molecule has 0 aromatic heterocycles. The zero-order valence-corrected chi connectivity index (χ0v) is 23.3. The van der Waals surface area contributed by atoms with Gasteiger partial charge in [0.1, 0.15) is 6.61 Å². The molecular weight excluding hydrogens is 550 g/mol. The highest BCUT2D eigenvalue weighted by Gasteiger charge is 2.31. The highest BCUT2D eigenvalue weighted by Crippen LogP contribution is 2.36. The quantitative estimate of drug-likeness (QED) is 0.283. The molecule has 41 heavy (non-hydrogen) atoms. The van der Waals surface area contributed by atoms with Gasteiger partial charge in [0.15, 0.2) is 11.5 Å². The first kappa shape index (κ1) is 29.6. The number of anilines is 1. The fourth-order valence-electron chi connectivity index (χ4n) is 4.54. The molecule has 1 heterocycles. The smallest absolute Gasteiger partial charge is 0.409 e. The minimum atomic E-state index is -3.58. The number of carboxylic acid groups (broad SMARTS) is 1. The van der Waals surface area contributed by atoms with Gasteiger partial charge < -0.3 is 24.6 Å². The van der Waals surface area contributed by atoms with E-state index in [-0.39, 0.29) is 47.4 Å². The molecule has 2 amide bonds. The Morgan fingerprint density at radius 2 is 1.76 bits per heavy atom. The van der Waals surface area contributed by atoms with E-state index in [0.717, 1.165) is 16.7 Å². The molecule has 216 valence electrons. The molecule has 0 fully saturated rings. The van der Waals surface area contributed by atoms with Crippen LogP contribution in [0.1, 0.15) is 27.9 Å². The normalized spacial score (nSPS) is 15.1. The molecule has 11 nitrogen and oxygen atoms in total. The third kappa shape index (κ3) is 6.85. The number of hydrogen-bond donors (Lipinski definition) is 4. The molecule has 0 aliphatic carbocycles. The number of aliphatic hydroxyl groups excluding tert-OH is 1. The number of amides is 2. The second-order valence-corrected chi connectivity index (χ2v) is 11.1. The Kier molecular flexibility index (Phi) is 9.28. The number of ether oxygens (including phenoxy) is 2. The summed E-state index contributed by atoms with van der Waals surface area (Å²) in [5.41, 5.74) is 2.54. The zero-order chi connectivity index (χ0) is 29.6. The molecule has 4 rings (SSSR count). The average Bonchev–Trinajstić information content (AvgIpc) is 2.99. The molecule has 0 saturated heterocycles. The largest absolute Gasteiger partial charge is 0.493 e. The number of rotatable bonds is 10. The Morgan fingerprint density at radius 1 is 1.05 bits per heavy atom. The average molecular weight is 582 g/mol. The van der Waals surface area contributed by atoms with Gasteiger partial charge in [-0.25, -0.2) is 17.9 Å². The lowest BCUT2D eigenvalue weighted by Gasteiger charge is -2.35. The van der Waals surface area contributed by atoms with Gasteiger partial charge in [0.05, 0.1) is 35.9 Å². The molecule has 0 spiro atoms. The Balaban J connectivity index is 1.61. The van der Waals surface area contributed by atoms with Crippen LogP contribution in [0.25, 0.3) is 5.57 Å². The van der Waals surface area contributed by atoms with E-state index in [1.807, 2.05) is 36.4 Å². The standard InChI is InChI=1S/C29H31N3O8S/c1-30-41(37,38)23-10-8-20(9-11-23)21-12-13-32(22(14-21)17-33)28(34)24-15-26(39-2)27(16-25(24)31-29(35)36)40-18-19-6-4-3-5-7-19/h3-12,15-16,22,30-31,33H,13-14,17-18H2,1-2H3,(H,35,36)/t22-/m0/s1. The van der Waals surface area contributed by atoms with Crippen LogP contribution in [0.4, 0.5) is 10.5 Å². The maximum absolute atomic E-state index is 13.7. The fourth-order valence-corrected chi connectivity index (χ4v) is 5.27. The summed E-state index contributed by atoms with van der Waals surface area (Å²) >= 11 is 0. The lowest BCUT2D eigenvalue weighted by molar-refractivity contribution is 0.0619. The topological polar surface area (TPSA) is 154 Å². The van der Waals surface area contributed by atoms with E-state index < -0.39 is 28.1 Å². The van der Waals surface area contributed by atoms with E-state index in [9.17, 15) is 28.2 Å². The van der Waals surface area contributed by atoms with E-state index in [1.54, 1.807) is 12.1 Å². The number of nitrogens with zero attached hydrogens (tertiary/aromatic N) is 1. The van der Waals surface area contributed by atoms with Crippen molar-refractivity contribution in [2.24, 2.45) is 0 Å². The minimum Gasteiger partial charge on any atom is -0.493 e. The number of carbonyl (C=O) groups excluding carboxylic acids is 1. The number of nitrogens with one attached hydrogen (secondary N) is 2. The molecule has 0 saturated carbocycles. The molecule has 3 aromatic carbocycles. The number of benzene rings is 3. The van der Waals surface area contributed by atoms with Crippen LogP contribution >= 0.6 is 0 Å². The van der Waals surface area contributed by atoms with Gasteiger partial charge in [0.25, 0.3) is 5.91 Å². The second kappa shape index (κ2) is 12.9. The van der Waals surface area contributed by atoms with Crippen molar-refractivity contribution in [3.63, 3.8) is 0 Å². The van der Waals surface area contributed by atoms with Crippen LogP contribution in [0.5, 0.6) is 11.5 Å². The Labute approximate surface area is 238 Å². The van der Waals surface area contributed by atoms with E-state index >= 15 is 0 Å². The number of hydrogen-bond acceptors (Lipinski definition) is 7. The van der Waals surface area contributed by atoms with E-state index in [4.69, 9.17) is 9.47 Å². The lowest BCUT2D eigenvalue weighted by atomic mass is 9.93. The molecule has 1 aliphatic rings. The molecule has 3 aromatic rings. The highest BCUT2D eigenvalue weighted by molar-refractivity contribution is 7.89. The maximum atomic E-state index is 13.7. The first-order valence-corrected chi connectivity index (χ1v) is 14.2. The number of aliphatic hydroxyl groups is 1. The summed E-state index contributed by atoms with van der Waals surface area (Å²) in [5, 5.41) is 21.9. The summed E-state index contributed by atoms with van der Waals surface area (Å²) in [6.45, 7) is -0.00536. The van der Waals surface area contributed by atoms with Crippen LogP contribution in [0.15, 0.2) is 77.7 Å². The molecule has 4 N–H and O–H groups in total. The van der Waals surface area contributed by atoms with Crippen LogP contribution in [-0.2, 0) is 16.6 Å². The predicted molar refractivity (Wildman–Crippen MR) is 153 cm³/mol. The maximum Gasteiger partial charge on any atom is 0.409 e. The Morgan fingerprint density at radius 3 is 2.37 bits per heavy atom. The van der Waals surface area contributed by atoms with Crippen molar-refractivity contribution in [1.29, 1.82) is 0 Å². The summed E-state index contributed by atoms with van der Waals surface area (Å²) in [5.74, 6) is -0.0167. The zero-order valence-electron chi connectivity index (χ0n) is 22.5. The highest BCUT2D eigenvalue weighted by atomic mass is 32.2. The molecule has 12 heteroatoms. The van der Waals surface area contributed by atoms with Crippen LogP contribution in [0, 0.1) is 0 Å². The lowest BCUT2D eigenvalue weighted by Crippen LogP contribution is -2.45. The van der Waals surface area contributed by atoms with Gasteiger partial charge in [-0.05, 0) is 48.4 Å². The van der Waals surface area contributed by atoms with Gasteiger partial charge in [0, 0.05) is 12.6 Å². The van der Waals surface area contributed by atoms with Crippen molar-refractivity contribution in [3.05, 3.63) is 89.5 Å². The van der Waals surface area contributed by atoms with E-state index in [1.165, 1.54) is 43.3 Å². The van der Waals surface area contributed by atoms with Crippen LogP contribution in [0.3, 0.4) is 0 Å². The van der Waals surface area contributed by atoms with Gasteiger partial charge in [-0.15, -0.1) is 0 Å². The Hall–Kier alpha value is -4.39. The van der Waals surface area contributed by atoms with Gasteiger partial charge >= 0.3 is 6.09 Å². The fraction of sp³-hybridized carbons (Fsp3) is 0.241. The van der Waals surface area contributed by atoms with Crippen molar-refractivity contribution >= 4 is 33.3 Å². The first-order chi connectivity index (χ1) is 19.7. The molecule has 1 aliphatic heterocycles. The van der Waals surface area contributed by atoms with Gasteiger partial charge in [-0.3, -0.25) is 10.1 Å². The summed E-state index contributed by atoms with van der Waals surface area (Å²) in [6, 6.07) is 17.9. The molecule has 0 unspecified atom stereocenters. The number of carbonyl (C=O) groups is 2. The molecular formula is C29H31N3O8S. The Bertz CT molecular complexity index is 1540. The van der Waals surface area contributed by atoms with Crippen molar-refractivity contribution in [2.75, 3.05) is 32.6 Å². The molecule has 0 radical (unpaired) electrons. The third-order valence-corrected chi connectivity index (χ3v) is 8.15. The third-order valence-electron chi connectivity index (χ3n) is 6.72. The molecule has 1 atom stereocenters. The predicted octanol–water partition coefficient (Wildman–Crippen LogP) is 3.56. The van der Waals surface area contributed by atoms with Crippen molar-refractivity contribution in [3.8, 4) is 11.5 Å². The monoisotopic (exact) mass is 581 g/mol. The minimum absolute atomic E-state index is 0.0131. The number of methoxy groups -OCH3 is 1. The summed E-state index contributed by atoms with van der Waals surface area (Å²) in [4.78, 5) is 26.9. The summed E-state index contributed by atoms with van der Waals surface area (Å²) in [6.07, 6.45) is 0.767. The molecule has 0 bridgehead atoms. The van der Waals surface area contributed by atoms with Crippen LogP contribution in [-0.4, -0.2) is 68.9 Å². The van der Waals surface area contributed by atoms with Crippen LogP contribution < -0.4 is 19.5 Å². The summed E-state index contributed by atoms with van der Waals surface area (Å²) < 4.78 is 37.7. The van der Waals surface area contributed by atoms with Gasteiger partial charge in [-0.2, -0.15) is 0 Å². The van der Waals surface area contributed by atoms with E-state index in [2.05, 4.69) is 10.0 Å². The van der Waals surface area contributed by atoms with Crippen molar-refractivity contribution in [2.45, 2.75) is 24.0 Å². The van der Waals surface area contributed by atoms with Crippen molar-refractivity contribution in [1.82, 2.24) is 9.62 Å². The summed E-state index contributed by atoms with van der Waals surface area (Å²) in [7, 11) is -0.825. The van der Waals surface area contributed by atoms with Gasteiger partial charge in [-0.1, -0.05) is 48.5 Å². The van der Waals surface area contributed by atoms with E-state index in [0.29, 0.717) is 6.42 Å². The SMILES string of the molecule is CNS(=O)(=O)c1ccc(C2=CCN(C(=O)c3cc(OC)c(OCc4ccccc4)cc3NC(=O)O)[C@H](CO)C2)cc1. The van der Waals surface area contributed by atoms with Crippen LogP contribution in [0.2, 0.25) is 0 Å². The van der Waals surface area contributed by atoms with Crippen molar-refractivity contribution < 1.29 is 37.7 Å². The second-order valence-electron chi connectivity index (χ2n) is 9.21. The van der Waals surface area contributed by atoms with Gasteiger partial charge in [0.2, 0.25) is 10.0 Å². The first-order valence-electron chi connectivity index (χ1n) is 12.7. The number of sulfonamides is 1.